The summed E-state index contributed by atoms with van der Waals surface area (Å²) in [7, 11) is 0. The van der Waals surface area contributed by atoms with E-state index >= 15 is 0 Å². The molecule has 5 nitrogen and oxygen atoms in total. The number of nitrogens with zero attached hydrogens (tertiary/aromatic N) is 1. The fourth-order valence-electron chi connectivity index (χ4n) is 3.56. The number of carbonyl (C=O) groups excluding carboxylic acids is 1. The number of rotatable bonds is 4. The summed E-state index contributed by atoms with van der Waals surface area (Å²) in [6.07, 6.45) is 4.22. The molecule has 1 amide bonds. The molecule has 0 radical (unpaired) electrons. The minimum Gasteiger partial charge on any atom is -0.441 e. The minimum atomic E-state index is 0.00942. The molecule has 3 fully saturated rings. The number of nitrogens with one attached hydrogen (secondary N) is 2. The smallest absolute Gasteiger partial charge is 0.251 e. The molecule has 1 atom stereocenters. The number of benzene rings is 1. The Bertz CT molecular complexity index is 658. The first-order valence-corrected chi connectivity index (χ1v) is 8.22. The van der Waals surface area contributed by atoms with Gasteiger partial charge in [0.05, 0.1) is 0 Å². The lowest BCUT2D eigenvalue weighted by Gasteiger charge is -2.44. The van der Waals surface area contributed by atoms with Crippen LogP contribution in [0.4, 0.5) is 0 Å². The summed E-state index contributed by atoms with van der Waals surface area (Å²) in [6.45, 7) is 3.36. The van der Waals surface area contributed by atoms with Crippen molar-refractivity contribution in [3.05, 3.63) is 48.2 Å². The first kappa shape index (κ1) is 14.3. The van der Waals surface area contributed by atoms with Crippen molar-refractivity contribution in [3.8, 4) is 11.6 Å². The van der Waals surface area contributed by atoms with Crippen LogP contribution in [-0.4, -0.2) is 41.5 Å². The fourth-order valence-corrected chi connectivity index (χ4v) is 3.56. The number of aromatic nitrogens is 1. The van der Waals surface area contributed by atoms with Crippen molar-refractivity contribution >= 4 is 5.91 Å². The molecule has 0 aliphatic carbocycles. The summed E-state index contributed by atoms with van der Waals surface area (Å²) in [5.41, 5.74) is 0.681. The lowest BCUT2D eigenvalue weighted by molar-refractivity contribution is 0.0620. The largest absolute Gasteiger partial charge is 0.441 e. The van der Waals surface area contributed by atoms with Crippen LogP contribution in [0, 0.1) is 5.92 Å². The van der Waals surface area contributed by atoms with Crippen LogP contribution in [-0.2, 0) is 0 Å². The Balaban J connectivity index is 1.38. The fraction of sp³-hybridized carbons (Fsp3) is 0.389. The van der Waals surface area contributed by atoms with Crippen LogP contribution in [0.25, 0.3) is 0 Å². The summed E-state index contributed by atoms with van der Waals surface area (Å²) in [5, 5.41) is 3.20. The summed E-state index contributed by atoms with van der Waals surface area (Å²) in [5.74, 6) is 2.05. The van der Waals surface area contributed by atoms with Crippen molar-refractivity contribution in [2.75, 3.05) is 19.6 Å². The predicted molar refractivity (Wildman–Crippen MR) is 87.7 cm³/mol. The highest BCUT2D eigenvalue weighted by Crippen LogP contribution is 2.27. The third-order valence-corrected chi connectivity index (χ3v) is 4.89. The van der Waals surface area contributed by atoms with Gasteiger partial charge in [0.2, 0.25) is 0 Å². The minimum absolute atomic E-state index is 0.00942. The molecule has 1 aromatic carbocycles. The van der Waals surface area contributed by atoms with Crippen molar-refractivity contribution < 1.29 is 9.53 Å². The maximum absolute atomic E-state index is 12.4. The topological polar surface area (TPSA) is 57.4 Å². The lowest BCUT2D eigenvalue weighted by atomic mass is 9.84. The maximum Gasteiger partial charge on any atom is 0.251 e. The van der Waals surface area contributed by atoms with Gasteiger partial charge in [0.1, 0.15) is 5.75 Å². The van der Waals surface area contributed by atoms with Crippen molar-refractivity contribution in [1.82, 2.24) is 15.2 Å². The molecule has 3 aliphatic heterocycles. The van der Waals surface area contributed by atoms with Gasteiger partial charge in [-0.3, -0.25) is 4.79 Å². The van der Waals surface area contributed by atoms with Gasteiger partial charge in [-0.05, 0) is 62.2 Å². The zero-order chi connectivity index (χ0) is 15.6. The van der Waals surface area contributed by atoms with E-state index in [1.807, 2.05) is 42.6 Å². The zero-order valence-corrected chi connectivity index (χ0v) is 13.0. The molecule has 0 saturated carbocycles. The van der Waals surface area contributed by atoms with Gasteiger partial charge in [-0.15, -0.1) is 0 Å². The molecule has 3 saturated heterocycles. The van der Waals surface area contributed by atoms with E-state index in [1.165, 1.54) is 25.9 Å². The molecule has 0 unspecified atom stereocenters. The maximum atomic E-state index is 12.4. The van der Waals surface area contributed by atoms with Crippen molar-refractivity contribution in [1.29, 1.82) is 0 Å². The molecule has 5 rings (SSSR count). The average Bonchev–Trinajstić information content (AvgIpc) is 3.09. The van der Waals surface area contributed by atoms with E-state index in [0.717, 1.165) is 6.54 Å². The number of hydrogen-bond acceptors (Lipinski definition) is 3. The Labute approximate surface area is 135 Å². The Morgan fingerprint density at radius 2 is 1.96 bits per heavy atom. The van der Waals surface area contributed by atoms with Crippen LogP contribution in [0.3, 0.4) is 0 Å². The second-order valence-electron chi connectivity index (χ2n) is 6.38. The number of fused-ring (bicyclic) bond motifs is 3. The Morgan fingerprint density at radius 3 is 2.57 bits per heavy atom. The number of hydrogen-bond donors (Lipinski definition) is 2. The van der Waals surface area contributed by atoms with E-state index in [4.69, 9.17) is 4.74 Å². The normalized spacial score (nSPS) is 26.0. The van der Waals surface area contributed by atoms with Crippen LogP contribution in [0.2, 0.25) is 0 Å². The molecule has 1 aromatic heterocycles. The average molecular weight is 311 g/mol. The molecule has 2 N–H and O–H groups in total. The first-order chi connectivity index (χ1) is 11.3. The van der Waals surface area contributed by atoms with Crippen molar-refractivity contribution in [3.63, 3.8) is 0 Å². The number of H-pyrrole nitrogens is 1. The highest BCUT2D eigenvalue weighted by atomic mass is 16.5. The molecule has 23 heavy (non-hydrogen) atoms. The van der Waals surface area contributed by atoms with Gasteiger partial charge in [0.15, 0.2) is 5.88 Å². The summed E-state index contributed by atoms with van der Waals surface area (Å²) >= 11 is 0. The SMILES string of the molecule is O=C(N[C@H]1CN2CCC1CC2)c1ccc(Oc2ccc[nH]2)cc1. The highest BCUT2D eigenvalue weighted by molar-refractivity contribution is 5.94. The zero-order valence-electron chi connectivity index (χ0n) is 13.0. The van der Waals surface area contributed by atoms with Crippen molar-refractivity contribution in [2.45, 2.75) is 18.9 Å². The van der Waals surface area contributed by atoms with E-state index in [1.54, 1.807) is 0 Å². The second-order valence-corrected chi connectivity index (χ2v) is 6.38. The van der Waals surface area contributed by atoms with E-state index in [2.05, 4.69) is 15.2 Å². The van der Waals surface area contributed by atoms with Crippen LogP contribution >= 0.6 is 0 Å². The molecule has 2 bridgehead atoms. The standard InChI is InChI=1S/C18H21N3O2/c22-18(20-16-12-21-10-7-13(16)8-11-21)14-3-5-15(6-4-14)23-17-2-1-9-19-17/h1-6,9,13,16,19H,7-8,10-12H2,(H,20,22)/t16-/m0/s1. The third-order valence-electron chi connectivity index (χ3n) is 4.89. The molecule has 120 valence electrons. The Morgan fingerprint density at radius 1 is 1.17 bits per heavy atom. The van der Waals surface area contributed by atoms with Gasteiger partial charge in [-0.1, -0.05) is 0 Å². The molecular weight excluding hydrogens is 290 g/mol. The van der Waals surface area contributed by atoms with E-state index in [9.17, 15) is 4.79 Å². The lowest BCUT2D eigenvalue weighted by Crippen LogP contribution is -2.57. The van der Waals surface area contributed by atoms with Crippen LogP contribution in [0.5, 0.6) is 11.6 Å². The van der Waals surface area contributed by atoms with Crippen LogP contribution < -0.4 is 10.1 Å². The summed E-state index contributed by atoms with van der Waals surface area (Å²) in [6, 6.07) is 11.3. The number of amides is 1. The van der Waals surface area contributed by atoms with Crippen LogP contribution in [0.15, 0.2) is 42.6 Å². The number of piperidine rings is 3. The Hall–Kier alpha value is -2.27. The predicted octanol–water partition coefficient (Wildman–Crippen LogP) is 2.63. The van der Waals surface area contributed by atoms with Gasteiger partial charge >= 0.3 is 0 Å². The first-order valence-electron chi connectivity index (χ1n) is 8.22. The number of aromatic amines is 1. The quantitative estimate of drug-likeness (QED) is 0.912. The number of ether oxygens (including phenoxy) is 1. The van der Waals surface area contributed by atoms with Crippen molar-refractivity contribution in [2.24, 2.45) is 5.92 Å². The molecule has 5 heteroatoms. The highest BCUT2D eigenvalue weighted by Gasteiger charge is 2.34. The third kappa shape index (κ3) is 3.10. The van der Waals surface area contributed by atoms with E-state index in [0.29, 0.717) is 29.2 Å². The van der Waals surface area contributed by atoms with E-state index in [-0.39, 0.29) is 5.91 Å². The van der Waals surface area contributed by atoms with Gasteiger partial charge < -0.3 is 19.9 Å². The van der Waals surface area contributed by atoms with Gasteiger partial charge in [0.25, 0.3) is 5.91 Å². The van der Waals surface area contributed by atoms with E-state index < -0.39 is 0 Å². The molecule has 2 aromatic rings. The molecule has 0 spiro atoms. The summed E-state index contributed by atoms with van der Waals surface area (Å²) < 4.78 is 5.65. The molecule has 3 aliphatic rings. The second kappa shape index (κ2) is 6.08. The molecular formula is C18H21N3O2. The van der Waals surface area contributed by atoms with Crippen LogP contribution in [0.1, 0.15) is 23.2 Å². The van der Waals surface area contributed by atoms with Gasteiger partial charge in [-0.2, -0.15) is 0 Å². The Kier molecular flexibility index (Phi) is 3.79. The monoisotopic (exact) mass is 311 g/mol. The van der Waals surface area contributed by atoms with Gasteiger partial charge in [0, 0.05) is 30.4 Å². The molecule has 4 heterocycles. The van der Waals surface area contributed by atoms with Gasteiger partial charge in [-0.25, -0.2) is 0 Å². The summed E-state index contributed by atoms with van der Waals surface area (Å²) in [4.78, 5) is 17.9. The number of carbonyl (C=O) groups is 1.